The summed E-state index contributed by atoms with van der Waals surface area (Å²) in [5.41, 5.74) is 0.313. The lowest BCUT2D eigenvalue weighted by Crippen LogP contribution is -2.30. The van der Waals surface area contributed by atoms with Crippen LogP contribution in [-0.2, 0) is 20.9 Å². The maximum Gasteiger partial charge on any atom is 0.203 e. The van der Waals surface area contributed by atoms with Gasteiger partial charge in [0, 0.05) is 0 Å². The molecule has 3 nitrogen and oxygen atoms in total. The third-order valence-electron chi connectivity index (χ3n) is 2.35. The first kappa shape index (κ1) is 12.6. The molecule has 86 valence electrons. The van der Waals surface area contributed by atoms with E-state index in [9.17, 15) is 9.59 Å². The Morgan fingerprint density at radius 3 is 2.50 bits per heavy atom. The molecule has 3 heteroatoms. The molecule has 0 N–H and O–H groups in total. The Labute approximate surface area is 95.4 Å². The first-order valence-corrected chi connectivity index (χ1v) is 5.17. The van der Waals surface area contributed by atoms with Crippen molar-refractivity contribution in [3.8, 4) is 0 Å². The summed E-state index contributed by atoms with van der Waals surface area (Å²) >= 11 is 0. The second kappa shape index (κ2) is 5.56. The number of Topliss-reactive ketones (excluding diaryl/α,β-unsaturated/α-hetero) is 1. The van der Waals surface area contributed by atoms with Gasteiger partial charge in [0.15, 0.2) is 6.29 Å². The molecule has 0 radical (unpaired) electrons. The molecule has 0 aliphatic heterocycles. The van der Waals surface area contributed by atoms with Gasteiger partial charge in [-0.25, -0.2) is 0 Å². The molecule has 0 spiro atoms. The smallest absolute Gasteiger partial charge is 0.203 e. The van der Waals surface area contributed by atoms with E-state index in [2.05, 4.69) is 0 Å². The number of hydrogen-bond acceptors (Lipinski definition) is 3. The molecule has 0 fully saturated rings. The van der Waals surface area contributed by atoms with Gasteiger partial charge in [-0.15, -0.1) is 0 Å². The predicted octanol–water partition coefficient (Wildman–Crippen LogP) is 2.00. The van der Waals surface area contributed by atoms with Crippen LogP contribution in [0.25, 0.3) is 0 Å². The zero-order valence-corrected chi connectivity index (χ0v) is 9.60. The third kappa shape index (κ3) is 3.59. The van der Waals surface area contributed by atoms with E-state index in [0.29, 0.717) is 12.9 Å². The first-order valence-electron chi connectivity index (χ1n) is 5.17. The normalized spacial score (nSPS) is 11.1. The Hall–Kier alpha value is -1.48. The highest BCUT2D eigenvalue weighted by atomic mass is 16.5. The second-order valence-corrected chi connectivity index (χ2v) is 4.34. The SMILES string of the molecule is CC(C)(COCc1ccccc1)C(=O)C=O. The number of aldehydes is 1. The zero-order valence-electron chi connectivity index (χ0n) is 9.60. The Morgan fingerprint density at radius 1 is 1.31 bits per heavy atom. The van der Waals surface area contributed by atoms with Gasteiger partial charge in [0.25, 0.3) is 0 Å². The van der Waals surface area contributed by atoms with Crippen molar-refractivity contribution in [2.24, 2.45) is 5.41 Å². The van der Waals surface area contributed by atoms with E-state index in [1.54, 1.807) is 13.8 Å². The van der Waals surface area contributed by atoms with Crippen LogP contribution in [-0.4, -0.2) is 18.7 Å². The molecular formula is C13H16O3. The monoisotopic (exact) mass is 220 g/mol. The zero-order chi connectivity index (χ0) is 12.0. The molecule has 0 saturated carbocycles. The first-order chi connectivity index (χ1) is 7.56. The lowest BCUT2D eigenvalue weighted by Gasteiger charge is -2.19. The van der Waals surface area contributed by atoms with Gasteiger partial charge in [-0.3, -0.25) is 9.59 Å². The quantitative estimate of drug-likeness (QED) is 0.544. The van der Waals surface area contributed by atoms with Crippen LogP contribution in [0.3, 0.4) is 0 Å². The predicted molar refractivity (Wildman–Crippen MR) is 61.0 cm³/mol. The number of benzene rings is 1. The van der Waals surface area contributed by atoms with Gasteiger partial charge in [-0.1, -0.05) is 44.2 Å². The summed E-state index contributed by atoms with van der Waals surface area (Å²) in [6.45, 7) is 4.11. The maximum absolute atomic E-state index is 11.2. The molecule has 1 rings (SSSR count). The van der Waals surface area contributed by atoms with Crippen molar-refractivity contribution in [2.75, 3.05) is 6.61 Å². The van der Waals surface area contributed by atoms with Crippen LogP contribution in [0.5, 0.6) is 0 Å². The highest BCUT2D eigenvalue weighted by Gasteiger charge is 2.27. The van der Waals surface area contributed by atoms with Gasteiger partial charge < -0.3 is 4.74 Å². The van der Waals surface area contributed by atoms with E-state index in [4.69, 9.17) is 4.74 Å². The van der Waals surface area contributed by atoms with Crippen molar-refractivity contribution < 1.29 is 14.3 Å². The van der Waals surface area contributed by atoms with Crippen molar-refractivity contribution in [3.63, 3.8) is 0 Å². The average molecular weight is 220 g/mol. The summed E-state index contributed by atoms with van der Waals surface area (Å²) in [7, 11) is 0. The average Bonchev–Trinajstić information content (AvgIpc) is 2.29. The lowest BCUT2D eigenvalue weighted by molar-refractivity contribution is -0.138. The molecule has 0 aliphatic rings. The number of carbonyl (C=O) groups excluding carboxylic acids is 2. The molecular weight excluding hydrogens is 204 g/mol. The summed E-state index contributed by atoms with van der Waals surface area (Å²) in [5.74, 6) is -0.430. The van der Waals surface area contributed by atoms with E-state index in [1.165, 1.54) is 0 Å². The van der Waals surface area contributed by atoms with Gasteiger partial charge in [0.1, 0.15) is 0 Å². The number of hydrogen-bond donors (Lipinski definition) is 0. The topological polar surface area (TPSA) is 43.4 Å². The Bertz CT molecular complexity index is 355. The van der Waals surface area contributed by atoms with Crippen LogP contribution in [0, 0.1) is 5.41 Å². The summed E-state index contributed by atoms with van der Waals surface area (Å²) in [6.07, 6.45) is 0.353. The largest absolute Gasteiger partial charge is 0.376 e. The van der Waals surface area contributed by atoms with Crippen molar-refractivity contribution in [3.05, 3.63) is 35.9 Å². The molecule has 0 heterocycles. The molecule has 0 aliphatic carbocycles. The fraction of sp³-hybridized carbons (Fsp3) is 0.385. The van der Waals surface area contributed by atoms with Crippen LogP contribution in [0.4, 0.5) is 0 Å². The fourth-order valence-electron chi connectivity index (χ4n) is 1.23. The molecule has 1 aromatic rings. The molecule has 0 atom stereocenters. The lowest BCUT2D eigenvalue weighted by atomic mass is 9.90. The van der Waals surface area contributed by atoms with Gasteiger partial charge >= 0.3 is 0 Å². The minimum Gasteiger partial charge on any atom is -0.376 e. The minimum atomic E-state index is -0.740. The Morgan fingerprint density at radius 2 is 1.94 bits per heavy atom. The van der Waals surface area contributed by atoms with E-state index >= 15 is 0 Å². The van der Waals surface area contributed by atoms with Crippen LogP contribution < -0.4 is 0 Å². The number of ketones is 1. The van der Waals surface area contributed by atoms with E-state index < -0.39 is 11.2 Å². The second-order valence-electron chi connectivity index (χ2n) is 4.34. The maximum atomic E-state index is 11.2. The molecule has 0 saturated heterocycles. The van der Waals surface area contributed by atoms with Gasteiger partial charge in [-0.2, -0.15) is 0 Å². The van der Waals surface area contributed by atoms with Gasteiger partial charge in [0.05, 0.1) is 18.6 Å². The van der Waals surface area contributed by atoms with Crippen molar-refractivity contribution in [1.29, 1.82) is 0 Å². The van der Waals surface area contributed by atoms with E-state index in [-0.39, 0.29) is 6.61 Å². The fourth-order valence-corrected chi connectivity index (χ4v) is 1.23. The minimum absolute atomic E-state index is 0.249. The van der Waals surface area contributed by atoms with E-state index in [1.807, 2.05) is 30.3 Å². The van der Waals surface area contributed by atoms with Crippen LogP contribution in [0.15, 0.2) is 30.3 Å². The molecule has 0 unspecified atom stereocenters. The highest BCUT2D eigenvalue weighted by molar-refractivity contribution is 6.27. The summed E-state index contributed by atoms with van der Waals surface area (Å²) in [6, 6.07) is 9.70. The molecule has 16 heavy (non-hydrogen) atoms. The molecule has 1 aromatic carbocycles. The van der Waals surface area contributed by atoms with Crippen LogP contribution in [0.2, 0.25) is 0 Å². The van der Waals surface area contributed by atoms with Crippen LogP contribution in [0.1, 0.15) is 19.4 Å². The van der Waals surface area contributed by atoms with Crippen LogP contribution >= 0.6 is 0 Å². The van der Waals surface area contributed by atoms with Gasteiger partial charge in [0.2, 0.25) is 5.78 Å². The third-order valence-corrected chi connectivity index (χ3v) is 2.35. The molecule has 0 aromatic heterocycles. The summed E-state index contributed by atoms with van der Waals surface area (Å²) in [4.78, 5) is 21.6. The van der Waals surface area contributed by atoms with Gasteiger partial charge in [-0.05, 0) is 5.56 Å². The van der Waals surface area contributed by atoms with Crippen molar-refractivity contribution >= 4 is 12.1 Å². The Balaban J connectivity index is 2.41. The molecule has 0 amide bonds. The van der Waals surface area contributed by atoms with E-state index in [0.717, 1.165) is 5.56 Å². The number of ether oxygens (including phenoxy) is 1. The van der Waals surface area contributed by atoms with Crippen molar-refractivity contribution in [1.82, 2.24) is 0 Å². The summed E-state index contributed by atoms with van der Waals surface area (Å²) in [5, 5.41) is 0. The number of rotatable bonds is 6. The molecule has 0 bridgehead atoms. The van der Waals surface area contributed by atoms with Crippen molar-refractivity contribution in [2.45, 2.75) is 20.5 Å². The summed E-state index contributed by atoms with van der Waals surface area (Å²) < 4.78 is 5.43. The Kier molecular flexibility index (Phi) is 4.38. The highest BCUT2D eigenvalue weighted by Crippen LogP contribution is 2.16. The standard InChI is InChI=1S/C13H16O3/c1-13(2,12(15)8-14)10-16-9-11-6-4-3-5-7-11/h3-8H,9-10H2,1-2H3. The number of carbonyl (C=O) groups is 2.